The highest BCUT2D eigenvalue weighted by molar-refractivity contribution is 6.30. The van der Waals surface area contributed by atoms with Gasteiger partial charge >= 0.3 is 6.03 Å². The van der Waals surface area contributed by atoms with Crippen molar-refractivity contribution in [1.82, 2.24) is 10.6 Å². The molecule has 0 aliphatic heterocycles. The number of aliphatic hydroxyl groups is 1. The van der Waals surface area contributed by atoms with Crippen molar-refractivity contribution in [1.29, 1.82) is 0 Å². The highest BCUT2D eigenvalue weighted by Crippen LogP contribution is 2.19. The SMILES string of the molecule is O=C(NCc1ccc(O)cc1)NCC(O)c1ccc(Cl)c(F)c1. The molecule has 2 aromatic carbocycles. The summed E-state index contributed by atoms with van der Waals surface area (Å²) in [4.78, 5) is 11.7. The predicted octanol–water partition coefficient (Wildman–Crippen LogP) is 2.72. The molecule has 0 saturated heterocycles. The van der Waals surface area contributed by atoms with Crippen LogP contribution in [0.4, 0.5) is 9.18 Å². The second kappa shape index (κ2) is 7.80. The first-order chi connectivity index (χ1) is 11.0. The van der Waals surface area contributed by atoms with Gasteiger partial charge in [-0.05, 0) is 35.4 Å². The third-order valence-corrected chi connectivity index (χ3v) is 3.48. The van der Waals surface area contributed by atoms with Crippen molar-refractivity contribution >= 4 is 17.6 Å². The lowest BCUT2D eigenvalue weighted by atomic mass is 10.1. The molecule has 0 aliphatic rings. The van der Waals surface area contributed by atoms with E-state index in [0.29, 0.717) is 5.56 Å². The molecule has 0 fully saturated rings. The number of carbonyl (C=O) groups is 1. The van der Waals surface area contributed by atoms with Crippen LogP contribution in [-0.2, 0) is 6.54 Å². The Labute approximate surface area is 137 Å². The summed E-state index contributed by atoms with van der Waals surface area (Å²) >= 11 is 5.57. The highest BCUT2D eigenvalue weighted by atomic mass is 35.5. The molecular weight excluding hydrogens is 323 g/mol. The first kappa shape index (κ1) is 17.1. The largest absolute Gasteiger partial charge is 0.508 e. The molecule has 0 bridgehead atoms. The Morgan fingerprint density at radius 1 is 1.17 bits per heavy atom. The number of halogens is 2. The minimum Gasteiger partial charge on any atom is -0.508 e. The summed E-state index contributed by atoms with van der Waals surface area (Å²) in [5, 5.41) is 24.2. The van der Waals surface area contributed by atoms with Gasteiger partial charge in [-0.2, -0.15) is 0 Å². The van der Waals surface area contributed by atoms with E-state index >= 15 is 0 Å². The normalized spacial score (nSPS) is 11.8. The molecule has 0 radical (unpaired) electrons. The summed E-state index contributed by atoms with van der Waals surface area (Å²) in [7, 11) is 0. The molecule has 0 heterocycles. The summed E-state index contributed by atoms with van der Waals surface area (Å²) < 4.78 is 13.3. The average Bonchev–Trinajstić information content (AvgIpc) is 2.54. The Hall–Kier alpha value is -2.31. The monoisotopic (exact) mass is 338 g/mol. The number of hydrogen-bond donors (Lipinski definition) is 4. The molecule has 2 rings (SSSR count). The van der Waals surface area contributed by atoms with Crippen LogP contribution in [-0.4, -0.2) is 22.8 Å². The fourth-order valence-electron chi connectivity index (χ4n) is 1.89. The van der Waals surface area contributed by atoms with E-state index in [9.17, 15) is 14.3 Å². The maximum absolute atomic E-state index is 13.3. The molecule has 0 aliphatic carbocycles. The van der Waals surface area contributed by atoms with Gasteiger partial charge in [0.05, 0.1) is 11.1 Å². The smallest absolute Gasteiger partial charge is 0.315 e. The van der Waals surface area contributed by atoms with Gasteiger partial charge in [-0.3, -0.25) is 0 Å². The minimum atomic E-state index is -1.04. The van der Waals surface area contributed by atoms with E-state index in [1.807, 2.05) is 0 Å². The molecule has 7 heteroatoms. The molecule has 0 saturated carbocycles. The van der Waals surface area contributed by atoms with Crippen LogP contribution in [0.25, 0.3) is 0 Å². The van der Waals surface area contributed by atoms with Gasteiger partial charge in [-0.15, -0.1) is 0 Å². The number of carbonyl (C=O) groups excluding carboxylic acids is 1. The van der Waals surface area contributed by atoms with Gasteiger partial charge in [0.15, 0.2) is 0 Å². The Bertz CT molecular complexity index is 680. The quantitative estimate of drug-likeness (QED) is 0.676. The zero-order valence-corrected chi connectivity index (χ0v) is 12.8. The van der Waals surface area contributed by atoms with Crippen LogP contribution in [0.3, 0.4) is 0 Å². The maximum Gasteiger partial charge on any atom is 0.315 e. The molecule has 0 aromatic heterocycles. The number of urea groups is 1. The lowest BCUT2D eigenvalue weighted by Gasteiger charge is -2.13. The van der Waals surface area contributed by atoms with Gasteiger partial charge in [0.25, 0.3) is 0 Å². The van der Waals surface area contributed by atoms with Crippen molar-refractivity contribution < 1.29 is 19.4 Å². The molecule has 1 unspecified atom stereocenters. The molecule has 1 atom stereocenters. The molecule has 4 N–H and O–H groups in total. The van der Waals surface area contributed by atoms with Crippen molar-refractivity contribution in [3.05, 3.63) is 64.4 Å². The summed E-state index contributed by atoms with van der Waals surface area (Å²) in [5.74, 6) is -0.475. The van der Waals surface area contributed by atoms with Crippen molar-refractivity contribution in [2.24, 2.45) is 0 Å². The van der Waals surface area contributed by atoms with Gasteiger partial charge in [0, 0.05) is 13.1 Å². The van der Waals surface area contributed by atoms with Crippen molar-refractivity contribution in [2.45, 2.75) is 12.6 Å². The number of amides is 2. The minimum absolute atomic E-state index is 0.0273. The number of hydrogen-bond acceptors (Lipinski definition) is 3. The third kappa shape index (κ3) is 5.12. The number of aromatic hydroxyl groups is 1. The Balaban J connectivity index is 1.79. The average molecular weight is 339 g/mol. The van der Waals surface area contributed by atoms with Gasteiger partial charge in [0.2, 0.25) is 0 Å². The Morgan fingerprint density at radius 3 is 2.52 bits per heavy atom. The van der Waals surface area contributed by atoms with E-state index < -0.39 is 18.0 Å². The number of rotatable bonds is 5. The summed E-state index contributed by atoms with van der Waals surface area (Å²) in [6, 6.07) is 9.91. The number of nitrogens with one attached hydrogen (secondary N) is 2. The van der Waals surface area contributed by atoms with E-state index in [4.69, 9.17) is 16.7 Å². The molecule has 122 valence electrons. The third-order valence-electron chi connectivity index (χ3n) is 3.17. The van der Waals surface area contributed by atoms with Crippen LogP contribution in [0, 0.1) is 5.82 Å². The fraction of sp³-hybridized carbons (Fsp3) is 0.188. The van der Waals surface area contributed by atoms with Gasteiger partial charge in [-0.25, -0.2) is 9.18 Å². The topological polar surface area (TPSA) is 81.6 Å². The van der Waals surface area contributed by atoms with Crippen LogP contribution in [0.5, 0.6) is 5.75 Å². The standard InChI is InChI=1S/C16H16ClFN2O3/c17-13-6-3-11(7-14(13)18)15(22)9-20-16(23)19-8-10-1-4-12(21)5-2-10/h1-7,15,21-22H,8-9H2,(H2,19,20,23). The van der Waals surface area contributed by atoms with Crippen LogP contribution < -0.4 is 10.6 Å². The van der Waals surface area contributed by atoms with Crippen LogP contribution in [0.15, 0.2) is 42.5 Å². The van der Waals surface area contributed by atoms with Crippen LogP contribution in [0.1, 0.15) is 17.2 Å². The molecule has 2 amide bonds. The molecule has 5 nitrogen and oxygen atoms in total. The predicted molar refractivity (Wildman–Crippen MR) is 84.7 cm³/mol. The van der Waals surface area contributed by atoms with E-state index in [1.54, 1.807) is 12.1 Å². The zero-order valence-electron chi connectivity index (χ0n) is 12.1. The fourth-order valence-corrected chi connectivity index (χ4v) is 2.00. The lowest BCUT2D eigenvalue weighted by Crippen LogP contribution is -2.37. The van der Waals surface area contributed by atoms with Crippen molar-refractivity contribution in [3.8, 4) is 5.75 Å². The van der Waals surface area contributed by atoms with E-state index in [1.165, 1.54) is 24.3 Å². The van der Waals surface area contributed by atoms with Crippen LogP contribution >= 0.6 is 11.6 Å². The van der Waals surface area contributed by atoms with Crippen molar-refractivity contribution in [2.75, 3.05) is 6.54 Å². The molecule has 23 heavy (non-hydrogen) atoms. The Kier molecular flexibility index (Phi) is 5.78. The van der Waals surface area contributed by atoms with Gasteiger partial charge < -0.3 is 20.8 Å². The van der Waals surface area contributed by atoms with Crippen molar-refractivity contribution in [3.63, 3.8) is 0 Å². The number of phenolic OH excluding ortho intramolecular Hbond substituents is 1. The first-order valence-electron chi connectivity index (χ1n) is 6.88. The van der Waals surface area contributed by atoms with Crippen LogP contribution in [0.2, 0.25) is 5.02 Å². The second-order valence-corrected chi connectivity index (χ2v) is 5.33. The lowest BCUT2D eigenvalue weighted by molar-refractivity contribution is 0.172. The molecule has 0 spiro atoms. The number of benzene rings is 2. The highest BCUT2D eigenvalue weighted by Gasteiger charge is 2.11. The summed E-state index contributed by atoms with van der Waals surface area (Å²) in [6.07, 6.45) is -1.04. The van der Waals surface area contributed by atoms with Gasteiger partial charge in [0.1, 0.15) is 11.6 Å². The zero-order chi connectivity index (χ0) is 16.8. The van der Waals surface area contributed by atoms with Gasteiger partial charge in [-0.1, -0.05) is 29.8 Å². The Morgan fingerprint density at radius 2 is 1.87 bits per heavy atom. The number of phenols is 1. The molecular formula is C16H16ClFN2O3. The first-order valence-corrected chi connectivity index (χ1v) is 7.26. The van der Waals surface area contributed by atoms with E-state index in [2.05, 4.69) is 10.6 Å². The summed E-state index contributed by atoms with van der Waals surface area (Å²) in [5.41, 5.74) is 1.14. The maximum atomic E-state index is 13.3. The molecule has 2 aromatic rings. The van der Waals surface area contributed by atoms with E-state index in [-0.39, 0.29) is 23.9 Å². The number of aliphatic hydroxyl groups excluding tert-OH is 1. The van der Waals surface area contributed by atoms with E-state index in [0.717, 1.165) is 11.6 Å². The second-order valence-electron chi connectivity index (χ2n) is 4.92. The summed E-state index contributed by atoms with van der Waals surface area (Å²) in [6.45, 7) is 0.209.